The van der Waals surface area contributed by atoms with Crippen molar-refractivity contribution in [2.75, 3.05) is 53.4 Å². The number of nitrogens with one attached hydrogen (secondary N) is 1. The molecule has 1 saturated heterocycles. The molecule has 0 bridgehead atoms. The molecular weight excluding hydrogens is 352 g/mol. The number of benzene rings is 1. The van der Waals surface area contributed by atoms with Crippen molar-refractivity contribution in [3.63, 3.8) is 0 Å². The molecule has 0 spiro atoms. The molecule has 0 radical (unpaired) electrons. The minimum absolute atomic E-state index is 0.631. The number of carboxylic acid groups (broad SMARTS) is 1. The number of hydrogen-bond donors (Lipinski definition) is 2. The van der Waals surface area contributed by atoms with Gasteiger partial charge in [0.05, 0.1) is 0 Å². The first-order valence-corrected chi connectivity index (χ1v) is 9.44. The molecule has 1 fully saturated rings. The van der Waals surface area contributed by atoms with E-state index in [1.165, 1.54) is 0 Å². The fourth-order valence-corrected chi connectivity index (χ4v) is 3.86. The summed E-state index contributed by atoms with van der Waals surface area (Å²) in [6.07, 6.45) is 2.95. The van der Waals surface area contributed by atoms with Crippen molar-refractivity contribution < 1.29 is 9.90 Å². The number of aliphatic carboxylic acids is 1. The minimum Gasteiger partial charge on any atom is -0.480 e. The highest BCUT2D eigenvalue weighted by Gasteiger charge is 2.31. The Labute approximate surface area is 159 Å². The van der Waals surface area contributed by atoms with Crippen LogP contribution in [0.5, 0.6) is 0 Å². The zero-order chi connectivity index (χ0) is 18.7. The van der Waals surface area contributed by atoms with Gasteiger partial charge in [-0.05, 0) is 45.7 Å². The van der Waals surface area contributed by atoms with E-state index in [1.54, 1.807) is 0 Å². The maximum atomic E-state index is 12.0. The maximum Gasteiger partial charge on any atom is 0.325 e. The van der Waals surface area contributed by atoms with Crippen LogP contribution < -0.4 is 0 Å². The summed E-state index contributed by atoms with van der Waals surface area (Å²) < 4.78 is 0. The van der Waals surface area contributed by atoms with Crippen molar-refractivity contribution in [1.29, 1.82) is 0 Å². The lowest BCUT2D eigenvalue weighted by Gasteiger charge is -2.37. The first kappa shape index (κ1) is 19.2. The lowest BCUT2D eigenvalue weighted by Crippen LogP contribution is -2.49. The molecule has 1 unspecified atom stereocenters. The van der Waals surface area contributed by atoms with E-state index in [4.69, 9.17) is 11.6 Å². The van der Waals surface area contributed by atoms with Gasteiger partial charge in [0.25, 0.3) is 0 Å². The first-order valence-electron chi connectivity index (χ1n) is 9.06. The fraction of sp³-hybridized carbons (Fsp3) is 0.526. The normalized spacial score (nSPS) is 17.8. The van der Waals surface area contributed by atoms with Crippen LogP contribution in [0, 0.1) is 0 Å². The second-order valence-corrected chi connectivity index (χ2v) is 7.65. The number of carboxylic acids is 1. The number of aromatic amines is 1. The Morgan fingerprint density at radius 3 is 2.69 bits per heavy atom. The summed E-state index contributed by atoms with van der Waals surface area (Å²) in [5, 5.41) is 11.4. The second kappa shape index (κ2) is 8.39. The van der Waals surface area contributed by atoms with E-state index in [0.29, 0.717) is 5.02 Å². The van der Waals surface area contributed by atoms with Crippen LogP contribution in [0.4, 0.5) is 0 Å². The van der Waals surface area contributed by atoms with Gasteiger partial charge in [-0.3, -0.25) is 9.69 Å². The quantitative estimate of drug-likeness (QED) is 0.775. The molecule has 0 saturated carbocycles. The molecule has 6 nitrogen and oxygen atoms in total. The molecule has 26 heavy (non-hydrogen) atoms. The van der Waals surface area contributed by atoms with E-state index in [1.807, 2.05) is 24.4 Å². The van der Waals surface area contributed by atoms with Crippen LogP contribution >= 0.6 is 11.6 Å². The van der Waals surface area contributed by atoms with Crippen molar-refractivity contribution >= 4 is 28.5 Å². The van der Waals surface area contributed by atoms with Crippen LogP contribution in [0.15, 0.2) is 24.4 Å². The van der Waals surface area contributed by atoms with Crippen molar-refractivity contribution in [3.8, 4) is 0 Å². The molecule has 1 aliphatic heterocycles. The summed E-state index contributed by atoms with van der Waals surface area (Å²) in [6, 6.07) is 4.91. The number of aromatic nitrogens is 1. The Hall–Kier alpha value is -1.60. The predicted molar refractivity (Wildman–Crippen MR) is 105 cm³/mol. The number of nitrogens with zero attached hydrogens (tertiary/aromatic N) is 3. The van der Waals surface area contributed by atoms with Crippen molar-refractivity contribution in [2.24, 2.45) is 0 Å². The molecular formula is C19H27ClN4O2. The van der Waals surface area contributed by atoms with E-state index in [9.17, 15) is 9.90 Å². The van der Waals surface area contributed by atoms with Gasteiger partial charge < -0.3 is 19.9 Å². The molecule has 0 aliphatic carbocycles. The van der Waals surface area contributed by atoms with Crippen LogP contribution in [0.1, 0.15) is 18.0 Å². The van der Waals surface area contributed by atoms with Gasteiger partial charge in [0, 0.05) is 53.9 Å². The maximum absolute atomic E-state index is 12.0. The molecule has 2 aromatic rings. The number of carbonyl (C=O) groups is 1. The smallest absolute Gasteiger partial charge is 0.325 e. The van der Waals surface area contributed by atoms with E-state index < -0.39 is 12.0 Å². The van der Waals surface area contributed by atoms with Crippen LogP contribution in [-0.4, -0.2) is 84.1 Å². The number of piperazine rings is 1. The number of fused-ring (bicyclic) bond motifs is 1. The van der Waals surface area contributed by atoms with E-state index in [0.717, 1.165) is 62.2 Å². The SMILES string of the molecule is CN(C)CCCN1CCN(C(C(=O)O)c2c[nH]c3cc(Cl)ccc23)CC1. The Balaban J connectivity index is 1.68. The highest BCUT2D eigenvalue weighted by molar-refractivity contribution is 6.31. The topological polar surface area (TPSA) is 62.8 Å². The van der Waals surface area contributed by atoms with Crippen LogP contribution in [0.25, 0.3) is 10.9 Å². The first-order chi connectivity index (χ1) is 12.5. The third kappa shape index (κ3) is 4.38. The van der Waals surface area contributed by atoms with Gasteiger partial charge in [0.2, 0.25) is 0 Å². The van der Waals surface area contributed by atoms with Crippen LogP contribution in [-0.2, 0) is 4.79 Å². The second-order valence-electron chi connectivity index (χ2n) is 7.21. The average molecular weight is 379 g/mol. The summed E-state index contributed by atoms with van der Waals surface area (Å²) in [6.45, 7) is 5.49. The monoisotopic (exact) mass is 378 g/mol. The van der Waals surface area contributed by atoms with Crippen molar-refractivity contribution in [3.05, 3.63) is 35.0 Å². The summed E-state index contributed by atoms with van der Waals surface area (Å²) >= 11 is 6.04. The number of hydrogen-bond acceptors (Lipinski definition) is 4. The molecule has 1 atom stereocenters. The third-order valence-corrected chi connectivity index (χ3v) is 5.29. The van der Waals surface area contributed by atoms with E-state index in [2.05, 4.69) is 33.8 Å². The van der Waals surface area contributed by atoms with Gasteiger partial charge in [0.15, 0.2) is 0 Å². The van der Waals surface area contributed by atoms with E-state index >= 15 is 0 Å². The Morgan fingerprint density at radius 1 is 1.31 bits per heavy atom. The molecule has 0 amide bonds. The Kier molecular flexibility index (Phi) is 6.19. The number of H-pyrrole nitrogens is 1. The predicted octanol–water partition coefficient (Wildman–Crippen LogP) is 2.52. The van der Waals surface area contributed by atoms with Gasteiger partial charge >= 0.3 is 5.97 Å². The van der Waals surface area contributed by atoms with Gasteiger partial charge in [-0.2, -0.15) is 0 Å². The molecule has 1 aliphatic rings. The van der Waals surface area contributed by atoms with E-state index in [-0.39, 0.29) is 0 Å². The third-order valence-electron chi connectivity index (χ3n) is 5.06. The molecule has 1 aromatic carbocycles. The highest BCUT2D eigenvalue weighted by Crippen LogP contribution is 2.30. The molecule has 142 valence electrons. The Bertz CT molecular complexity index is 753. The zero-order valence-electron chi connectivity index (χ0n) is 15.4. The fourth-order valence-electron chi connectivity index (χ4n) is 3.69. The summed E-state index contributed by atoms with van der Waals surface area (Å²) in [5.41, 5.74) is 1.69. The summed E-state index contributed by atoms with van der Waals surface area (Å²) in [5.74, 6) is -0.804. The zero-order valence-corrected chi connectivity index (χ0v) is 16.2. The average Bonchev–Trinajstić information content (AvgIpc) is 2.98. The van der Waals surface area contributed by atoms with Gasteiger partial charge in [-0.15, -0.1) is 0 Å². The Morgan fingerprint density at radius 2 is 2.04 bits per heavy atom. The molecule has 2 N–H and O–H groups in total. The molecule has 7 heteroatoms. The molecule has 3 rings (SSSR count). The van der Waals surface area contributed by atoms with Crippen molar-refractivity contribution in [2.45, 2.75) is 12.5 Å². The number of rotatable bonds is 7. The lowest BCUT2D eigenvalue weighted by atomic mass is 10.0. The molecule has 1 aromatic heterocycles. The van der Waals surface area contributed by atoms with Gasteiger partial charge in [-0.1, -0.05) is 17.7 Å². The highest BCUT2D eigenvalue weighted by atomic mass is 35.5. The van der Waals surface area contributed by atoms with Gasteiger partial charge in [0.1, 0.15) is 6.04 Å². The standard InChI is InChI=1S/C19H27ClN4O2/c1-22(2)6-3-7-23-8-10-24(11-9-23)18(19(25)26)16-13-21-17-12-14(20)4-5-15(16)17/h4-5,12-13,18,21H,3,6-11H2,1-2H3,(H,25,26). The lowest BCUT2D eigenvalue weighted by molar-refractivity contribution is -0.144. The summed E-state index contributed by atoms with van der Waals surface area (Å²) in [4.78, 5) is 21.9. The number of halogens is 1. The van der Waals surface area contributed by atoms with Gasteiger partial charge in [-0.25, -0.2) is 0 Å². The largest absolute Gasteiger partial charge is 0.480 e. The minimum atomic E-state index is -0.804. The van der Waals surface area contributed by atoms with Crippen LogP contribution in [0.3, 0.4) is 0 Å². The van der Waals surface area contributed by atoms with Crippen molar-refractivity contribution in [1.82, 2.24) is 19.7 Å². The summed E-state index contributed by atoms with van der Waals surface area (Å²) in [7, 11) is 4.17. The molecule has 2 heterocycles. The van der Waals surface area contributed by atoms with Crippen LogP contribution in [0.2, 0.25) is 5.02 Å².